The molecule has 1 aromatic carbocycles. The minimum absolute atomic E-state index is 0.184. The lowest BCUT2D eigenvalue weighted by Crippen LogP contribution is -2.07. The van der Waals surface area contributed by atoms with Crippen LogP contribution in [0, 0.1) is 17.0 Å². The summed E-state index contributed by atoms with van der Waals surface area (Å²) in [6.45, 7) is 1.81. The Morgan fingerprint density at radius 2 is 2.12 bits per heavy atom. The topological polar surface area (TPSA) is 73.3 Å². The van der Waals surface area contributed by atoms with E-state index in [0.717, 1.165) is 5.56 Å². The summed E-state index contributed by atoms with van der Waals surface area (Å²) in [5.41, 5.74) is -0.632. The van der Waals surface area contributed by atoms with Crippen LogP contribution in [0.2, 0.25) is 5.02 Å². The van der Waals surface area contributed by atoms with Crippen molar-refractivity contribution >= 4 is 28.3 Å². The van der Waals surface area contributed by atoms with Gasteiger partial charge in [0.1, 0.15) is 10.6 Å². The van der Waals surface area contributed by atoms with Crippen molar-refractivity contribution in [3.8, 4) is 0 Å². The molecule has 0 aliphatic carbocycles. The molecule has 0 unspecified atom stereocenters. The van der Waals surface area contributed by atoms with Crippen molar-refractivity contribution in [1.29, 1.82) is 0 Å². The van der Waals surface area contributed by atoms with Gasteiger partial charge in [0, 0.05) is 5.39 Å². The largest absolute Gasteiger partial charge is 0.418 e. The molecule has 0 saturated carbocycles. The molecule has 0 bridgehead atoms. The van der Waals surface area contributed by atoms with Gasteiger partial charge >= 0.3 is 11.3 Å². The van der Waals surface area contributed by atoms with Crippen LogP contribution in [0.5, 0.6) is 0 Å². The Balaban J connectivity index is 2.94. The second-order valence-electron chi connectivity index (χ2n) is 3.31. The predicted octanol–water partition coefficient (Wildman–Crippen LogP) is 2.66. The number of halogens is 1. The zero-order chi connectivity index (χ0) is 11.9. The van der Waals surface area contributed by atoms with Gasteiger partial charge in [-0.05, 0) is 24.6 Å². The molecule has 0 spiro atoms. The minimum Gasteiger partial charge on any atom is -0.418 e. The molecule has 0 aliphatic heterocycles. The molecule has 82 valence electrons. The number of hydrogen-bond acceptors (Lipinski definition) is 4. The summed E-state index contributed by atoms with van der Waals surface area (Å²) in [5, 5.41) is 10.8. The first kappa shape index (κ1) is 10.6. The van der Waals surface area contributed by atoms with E-state index >= 15 is 0 Å². The van der Waals surface area contributed by atoms with Gasteiger partial charge in [-0.1, -0.05) is 17.7 Å². The van der Waals surface area contributed by atoms with E-state index in [1.54, 1.807) is 18.2 Å². The van der Waals surface area contributed by atoms with Crippen LogP contribution in [0.3, 0.4) is 0 Å². The van der Waals surface area contributed by atoms with Crippen molar-refractivity contribution in [2.24, 2.45) is 0 Å². The summed E-state index contributed by atoms with van der Waals surface area (Å²) in [7, 11) is 0. The monoisotopic (exact) mass is 239 g/mol. The molecule has 0 N–H and O–H groups in total. The number of fused-ring (bicyclic) bond motifs is 1. The van der Waals surface area contributed by atoms with Gasteiger partial charge in [0.2, 0.25) is 0 Å². The lowest BCUT2D eigenvalue weighted by Gasteiger charge is -2.00. The molecule has 1 heterocycles. The third kappa shape index (κ3) is 1.55. The Kier molecular flexibility index (Phi) is 2.40. The fourth-order valence-electron chi connectivity index (χ4n) is 1.42. The van der Waals surface area contributed by atoms with Gasteiger partial charge in [-0.3, -0.25) is 10.1 Å². The highest BCUT2D eigenvalue weighted by molar-refractivity contribution is 6.37. The zero-order valence-electron chi connectivity index (χ0n) is 8.19. The third-order valence-electron chi connectivity index (χ3n) is 2.16. The lowest BCUT2D eigenvalue weighted by molar-refractivity contribution is -0.387. The maximum absolute atomic E-state index is 11.3. The highest BCUT2D eigenvalue weighted by atomic mass is 35.5. The first-order valence-corrected chi connectivity index (χ1v) is 4.76. The summed E-state index contributed by atoms with van der Waals surface area (Å²) >= 11 is 5.79. The molecule has 0 fully saturated rings. The quantitative estimate of drug-likeness (QED) is 0.436. The van der Waals surface area contributed by atoms with Crippen molar-refractivity contribution < 1.29 is 9.34 Å². The number of rotatable bonds is 1. The average Bonchev–Trinajstić information content (AvgIpc) is 2.15. The first-order chi connectivity index (χ1) is 7.50. The molecule has 6 heteroatoms. The van der Waals surface area contributed by atoms with Crippen molar-refractivity contribution in [1.82, 2.24) is 0 Å². The average molecular weight is 240 g/mol. The molecule has 2 aromatic rings. The fourth-order valence-corrected chi connectivity index (χ4v) is 1.72. The molecule has 5 nitrogen and oxygen atoms in total. The SMILES string of the molecule is Cc1ccc2c(Cl)c([N+](=O)[O-])c(=O)oc2c1. The van der Waals surface area contributed by atoms with E-state index in [1.807, 2.05) is 6.92 Å². The van der Waals surface area contributed by atoms with Gasteiger partial charge in [0.15, 0.2) is 0 Å². The number of hydrogen-bond donors (Lipinski definition) is 0. The van der Waals surface area contributed by atoms with Crippen LogP contribution < -0.4 is 5.63 Å². The van der Waals surface area contributed by atoms with Crippen LogP contribution in [-0.2, 0) is 0 Å². The van der Waals surface area contributed by atoms with Crippen molar-refractivity contribution in [2.45, 2.75) is 6.92 Å². The van der Waals surface area contributed by atoms with E-state index in [1.165, 1.54) is 0 Å². The number of aryl methyl sites for hydroxylation is 1. The maximum atomic E-state index is 11.3. The summed E-state index contributed by atoms with van der Waals surface area (Å²) in [6, 6.07) is 4.92. The highest BCUT2D eigenvalue weighted by Crippen LogP contribution is 2.29. The van der Waals surface area contributed by atoms with Crippen LogP contribution in [-0.4, -0.2) is 4.92 Å². The second-order valence-corrected chi connectivity index (χ2v) is 3.69. The van der Waals surface area contributed by atoms with E-state index in [-0.39, 0.29) is 10.6 Å². The van der Waals surface area contributed by atoms with Gasteiger partial charge in [0.05, 0.1) is 4.92 Å². The molecule has 16 heavy (non-hydrogen) atoms. The smallest absolute Gasteiger partial charge is 0.416 e. The molecule has 0 saturated heterocycles. The van der Waals surface area contributed by atoms with Gasteiger partial charge in [-0.25, -0.2) is 4.79 Å². The number of nitrogens with zero attached hydrogens (tertiary/aromatic N) is 1. The van der Waals surface area contributed by atoms with Crippen LogP contribution in [0.1, 0.15) is 5.56 Å². The lowest BCUT2D eigenvalue weighted by atomic mass is 10.1. The van der Waals surface area contributed by atoms with Crippen LogP contribution >= 0.6 is 11.6 Å². The Bertz CT molecular complexity index is 647. The normalized spacial score (nSPS) is 10.6. The predicted molar refractivity (Wildman–Crippen MR) is 58.9 cm³/mol. The Labute approximate surface area is 94.4 Å². The molecule has 2 rings (SSSR count). The van der Waals surface area contributed by atoms with E-state index < -0.39 is 16.2 Å². The van der Waals surface area contributed by atoms with E-state index in [9.17, 15) is 14.9 Å². The van der Waals surface area contributed by atoms with Crippen molar-refractivity contribution in [3.63, 3.8) is 0 Å². The highest BCUT2D eigenvalue weighted by Gasteiger charge is 2.22. The molecular formula is C10H6ClNO4. The first-order valence-electron chi connectivity index (χ1n) is 4.38. The summed E-state index contributed by atoms with van der Waals surface area (Å²) in [5.74, 6) is 0. The number of nitro groups is 1. The minimum atomic E-state index is -1.03. The van der Waals surface area contributed by atoms with Crippen LogP contribution in [0.4, 0.5) is 5.69 Å². The van der Waals surface area contributed by atoms with Crippen LogP contribution in [0.15, 0.2) is 27.4 Å². The van der Waals surface area contributed by atoms with Gasteiger partial charge in [-0.15, -0.1) is 0 Å². The summed E-state index contributed by atoms with van der Waals surface area (Å²) < 4.78 is 4.83. The van der Waals surface area contributed by atoms with Gasteiger partial charge in [0.25, 0.3) is 0 Å². The molecule has 0 atom stereocenters. The Morgan fingerprint density at radius 1 is 1.44 bits per heavy atom. The Morgan fingerprint density at radius 3 is 2.75 bits per heavy atom. The van der Waals surface area contributed by atoms with Crippen molar-refractivity contribution in [2.75, 3.05) is 0 Å². The molecule has 0 aliphatic rings. The van der Waals surface area contributed by atoms with E-state index in [4.69, 9.17) is 16.0 Å². The van der Waals surface area contributed by atoms with E-state index in [0.29, 0.717) is 5.39 Å². The summed E-state index contributed by atoms with van der Waals surface area (Å²) in [4.78, 5) is 21.1. The maximum Gasteiger partial charge on any atom is 0.416 e. The fraction of sp³-hybridized carbons (Fsp3) is 0.100. The molecule has 0 radical (unpaired) electrons. The zero-order valence-corrected chi connectivity index (χ0v) is 8.95. The standard InChI is InChI=1S/C10H6ClNO4/c1-5-2-3-6-7(4-5)16-10(13)9(8(6)11)12(14)15/h2-4H,1H3. The number of benzene rings is 1. The van der Waals surface area contributed by atoms with Crippen molar-refractivity contribution in [3.05, 3.63) is 49.3 Å². The summed E-state index contributed by atoms with van der Waals surface area (Å²) in [6.07, 6.45) is 0. The molecule has 0 amide bonds. The van der Waals surface area contributed by atoms with Crippen LogP contribution in [0.25, 0.3) is 11.0 Å². The second kappa shape index (κ2) is 3.61. The van der Waals surface area contributed by atoms with E-state index in [2.05, 4.69) is 0 Å². The molecule has 1 aromatic heterocycles. The Hall–Kier alpha value is -1.88. The third-order valence-corrected chi connectivity index (χ3v) is 2.54. The van der Waals surface area contributed by atoms with Gasteiger partial charge in [-0.2, -0.15) is 0 Å². The molecular weight excluding hydrogens is 234 g/mol. The van der Waals surface area contributed by atoms with Gasteiger partial charge < -0.3 is 4.42 Å².